The summed E-state index contributed by atoms with van der Waals surface area (Å²) in [6, 6.07) is 5.91. The third-order valence-electron chi connectivity index (χ3n) is 2.33. The molecule has 1 heterocycles. The first-order valence-electron chi connectivity index (χ1n) is 4.32. The molecule has 0 aliphatic carbocycles. The first-order valence-corrected chi connectivity index (χ1v) is 4.32. The highest BCUT2D eigenvalue weighted by atomic mass is 16.5. The summed E-state index contributed by atoms with van der Waals surface area (Å²) in [6.07, 6.45) is 0. The first-order chi connectivity index (χ1) is 6.33. The third-order valence-corrected chi connectivity index (χ3v) is 2.33. The molecule has 3 heteroatoms. The van der Waals surface area contributed by atoms with Gasteiger partial charge < -0.3 is 15.2 Å². The zero-order valence-electron chi connectivity index (χ0n) is 7.62. The lowest BCUT2D eigenvalue weighted by Crippen LogP contribution is -2.23. The third kappa shape index (κ3) is 1.41. The molecule has 0 radical (unpaired) electrons. The summed E-state index contributed by atoms with van der Waals surface area (Å²) in [7, 11) is 1.66. The van der Waals surface area contributed by atoms with Gasteiger partial charge in [-0.2, -0.15) is 0 Å². The number of nitrogens with two attached hydrogens (primary N) is 1. The van der Waals surface area contributed by atoms with E-state index in [1.54, 1.807) is 7.11 Å². The Morgan fingerprint density at radius 3 is 3.15 bits per heavy atom. The molecule has 0 aromatic heterocycles. The van der Waals surface area contributed by atoms with Crippen LogP contribution in [0, 0.1) is 0 Å². The highest BCUT2D eigenvalue weighted by Gasteiger charge is 2.19. The van der Waals surface area contributed by atoms with E-state index in [-0.39, 0.29) is 6.04 Å². The molecule has 1 aromatic carbocycles. The second kappa shape index (κ2) is 3.36. The maximum absolute atomic E-state index is 5.89. The van der Waals surface area contributed by atoms with E-state index in [1.807, 2.05) is 18.2 Å². The monoisotopic (exact) mass is 179 g/mol. The van der Waals surface area contributed by atoms with Crippen molar-refractivity contribution in [3.05, 3.63) is 29.3 Å². The highest BCUT2D eigenvalue weighted by molar-refractivity contribution is 5.42. The van der Waals surface area contributed by atoms with Crippen LogP contribution in [0.3, 0.4) is 0 Å². The van der Waals surface area contributed by atoms with Crippen molar-refractivity contribution in [1.29, 1.82) is 0 Å². The van der Waals surface area contributed by atoms with Gasteiger partial charge in [0, 0.05) is 5.56 Å². The average molecular weight is 179 g/mol. The van der Waals surface area contributed by atoms with Crippen LogP contribution in [0.5, 0.6) is 5.75 Å². The van der Waals surface area contributed by atoms with Crippen LogP contribution in [0.1, 0.15) is 17.2 Å². The fraction of sp³-hybridized carbons (Fsp3) is 0.400. The normalized spacial score (nSPS) is 20.9. The van der Waals surface area contributed by atoms with Crippen molar-refractivity contribution in [1.82, 2.24) is 0 Å². The minimum atomic E-state index is -0.0150. The second-order valence-corrected chi connectivity index (χ2v) is 3.15. The van der Waals surface area contributed by atoms with Gasteiger partial charge in [-0.1, -0.05) is 12.1 Å². The van der Waals surface area contributed by atoms with Gasteiger partial charge in [0.1, 0.15) is 5.75 Å². The predicted octanol–water partition coefficient (Wildman–Crippen LogP) is 1.23. The van der Waals surface area contributed by atoms with Crippen LogP contribution in [-0.2, 0) is 11.3 Å². The fourth-order valence-corrected chi connectivity index (χ4v) is 1.65. The van der Waals surface area contributed by atoms with Crippen molar-refractivity contribution < 1.29 is 9.47 Å². The van der Waals surface area contributed by atoms with Crippen LogP contribution in [0.4, 0.5) is 0 Å². The van der Waals surface area contributed by atoms with Crippen LogP contribution in [0.15, 0.2) is 18.2 Å². The van der Waals surface area contributed by atoms with Gasteiger partial charge in [-0.25, -0.2) is 0 Å². The molecular formula is C10H13NO2. The molecule has 0 unspecified atom stereocenters. The van der Waals surface area contributed by atoms with Crippen molar-refractivity contribution in [2.45, 2.75) is 12.6 Å². The zero-order chi connectivity index (χ0) is 9.26. The molecule has 1 aliphatic heterocycles. The lowest BCUT2D eigenvalue weighted by atomic mass is 9.99. The van der Waals surface area contributed by atoms with Crippen LogP contribution in [0.25, 0.3) is 0 Å². The Morgan fingerprint density at radius 2 is 2.38 bits per heavy atom. The van der Waals surface area contributed by atoms with Gasteiger partial charge in [0.2, 0.25) is 0 Å². The lowest BCUT2D eigenvalue weighted by molar-refractivity contribution is 0.0903. The quantitative estimate of drug-likeness (QED) is 0.705. The minimum Gasteiger partial charge on any atom is -0.496 e. The number of hydrogen-bond acceptors (Lipinski definition) is 3. The summed E-state index contributed by atoms with van der Waals surface area (Å²) < 4.78 is 10.6. The Bertz CT molecular complexity index is 312. The smallest absolute Gasteiger partial charge is 0.124 e. The van der Waals surface area contributed by atoms with Crippen molar-refractivity contribution in [2.24, 2.45) is 5.73 Å². The summed E-state index contributed by atoms with van der Waals surface area (Å²) in [5.74, 6) is 0.868. The van der Waals surface area contributed by atoms with E-state index in [2.05, 4.69) is 0 Å². The van der Waals surface area contributed by atoms with E-state index in [0.29, 0.717) is 13.2 Å². The largest absolute Gasteiger partial charge is 0.496 e. The molecule has 13 heavy (non-hydrogen) atoms. The maximum Gasteiger partial charge on any atom is 0.124 e. The van der Waals surface area contributed by atoms with Gasteiger partial charge in [-0.3, -0.25) is 0 Å². The van der Waals surface area contributed by atoms with E-state index in [0.717, 1.165) is 16.9 Å². The topological polar surface area (TPSA) is 44.5 Å². The molecule has 2 N–H and O–H groups in total. The van der Waals surface area contributed by atoms with E-state index in [9.17, 15) is 0 Å². The Morgan fingerprint density at radius 1 is 1.54 bits per heavy atom. The van der Waals surface area contributed by atoms with E-state index in [1.165, 1.54) is 0 Å². The number of rotatable bonds is 1. The molecule has 1 aliphatic rings. The van der Waals surface area contributed by atoms with Gasteiger partial charge in [0.25, 0.3) is 0 Å². The van der Waals surface area contributed by atoms with E-state index in [4.69, 9.17) is 15.2 Å². The summed E-state index contributed by atoms with van der Waals surface area (Å²) in [4.78, 5) is 0. The molecule has 3 nitrogen and oxygen atoms in total. The molecule has 2 rings (SSSR count). The van der Waals surface area contributed by atoms with Gasteiger partial charge in [-0.15, -0.1) is 0 Å². The van der Waals surface area contributed by atoms with Crippen LogP contribution in [-0.4, -0.2) is 13.7 Å². The van der Waals surface area contributed by atoms with Crippen molar-refractivity contribution >= 4 is 0 Å². The molecular weight excluding hydrogens is 166 g/mol. The number of hydrogen-bond donors (Lipinski definition) is 1. The molecule has 0 bridgehead atoms. The standard InChI is InChI=1S/C10H13NO2/c1-12-10-4-2-3-7-8(10)5-13-6-9(7)11/h2-4,9H,5-6,11H2,1H3/t9-/m1/s1. The van der Waals surface area contributed by atoms with Crippen molar-refractivity contribution in [3.8, 4) is 5.75 Å². The van der Waals surface area contributed by atoms with Crippen molar-refractivity contribution in [2.75, 3.05) is 13.7 Å². The molecule has 0 spiro atoms. The summed E-state index contributed by atoms with van der Waals surface area (Å²) in [6.45, 7) is 1.20. The van der Waals surface area contributed by atoms with Gasteiger partial charge in [0.15, 0.2) is 0 Å². The van der Waals surface area contributed by atoms with Gasteiger partial charge in [0.05, 0.1) is 26.4 Å². The molecule has 70 valence electrons. The Labute approximate surface area is 77.5 Å². The van der Waals surface area contributed by atoms with Gasteiger partial charge in [-0.05, 0) is 11.6 Å². The van der Waals surface area contributed by atoms with Crippen LogP contribution >= 0.6 is 0 Å². The Kier molecular flexibility index (Phi) is 2.20. The van der Waals surface area contributed by atoms with E-state index < -0.39 is 0 Å². The lowest BCUT2D eigenvalue weighted by Gasteiger charge is -2.23. The number of benzene rings is 1. The van der Waals surface area contributed by atoms with Crippen LogP contribution < -0.4 is 10.5 Å². The summed E-state index contributed by atoms with van der Waals surface area (Å²) in [5.41, 5.74) is 8.12. The summed E-state index contributed by atoms with van der Waals surface area (Å²) in [5, 5.41) is 0. The van der Waals surface area contributed by atoms with Crippen LogP contribution in [0.2, 0.25) is 0 Å². The zero-order valence-corrected chi connectivity index (χ0v) is 7.62. The molecule has 0 fully saturated rings. The number of methoxy groups -OCH3 is 1. The number of ether oxygens (including phenoxy) is 2. The van der Waals surface area contributed by atoms with Gasteiger partial charge >= 0.3 is 0 Å². The number of fused-ring (bicyclic) bond motifs is 1. The molecule has 0 saturated heterocycles. The summed E-state index contributed by atoms with van der Waals surface area (Å²) >= 11 is 0. The SMILES string of the molecule is COc1cccc2c1COC[C@H]2N. The fourth-order valence-electron chi connectivity index (χ4n) is 1.65. The molecule has 0 amide bonds. The Balaban J connectivity index is 2.48. The predicted molar refractivity (Wildman–Crippen MR) is 49.6 cm³/mol. The molecule has 1 aromatic rings. The van der Waals surface area contributed by atoms with E-state index >= 15 is 0 Å². The Hall–Kier alpha value is -1.06. The average Bonchev–Trinajstić information content (AvgIpc) is 2.18. The second-order valence-electron chi connectivity index (χ2n) is 3.15. The maximum atomic E-state index is 5.89. The minimum absolute atomic E-state index is 0.0150. The molecule has 0 saturated carbocycles. The molecule has 1 atom stereocenters. The first kappa shape index (κ1) is 8.53. The van der Waals surface area contributed by atoms with Crippen molar-refractivity contribution in [3.63, 3.8) is 0 Å². The highest BCUT2D eigenvalue weighted by Crippen LogP contribution is 2.30.